The summed E-state index contributed by atoms with van der Waals surface area (Å²) in [4.78, 5) is 2.46. The molecule has 2 rings (SSSR count). The summed E-state index contributed by atoms with van der Waals surface area (Å²) in [5.74, 6) is 0.203. The zero-order valence-electron chi connectivity index (χ0n) is 10.7. The molecule has 0 spiro atoms. The molecule has 0 bridgehead atoms. The summed E-state index contributed by atoms with van der Waals surface area (Å²) < 4.78 is 0. The van der Waals surface area contributed by atoms with E-state index in [9.17, 15) is 0 Å². The van der Waals surface area contributed by atoms with Gasteiger partial charge in [-0.2, -0.15) is 5.26 Å². The molecule has 0 N–H and O–H groups in total. The predicted molar refractivity (Wildman–Crippen MR) is 69.2 cm³/mol. The maximum atomic E-state index is 9.13. The minimum absolute atomic E-state index is 0.113. The number of rotatable bonds is 2. The Morgan fingerprint density at radius 2 is 2.06 bits per heavy atom. The minimum Gasteiger partial charge on any atom is -0.298 e. The second-order valence-corrected chi connectivity index (χ2v) is 5.66. The van der Waals surface area contributed by atoms with Crippen LogP contribution in [0.15, 0.2) is 30.3 Å². The molecule has 0 radical (unpaired) electrons. The van der Waals surface area contributed by atoms with Gasteiger partial charge in [-0.3, -0.25) is 4.90 Å². The molecular formula is C15H20N2. The number of hydrogen-bond acceptors (Lipinski definition) is 2. The van der Waals surface area contributed by atoms with Crippen molar-refractivity contribution in [1.29, 1.82) is 5.26 Å². The zero-order valence-corrected chi connectivity index (χ0v) is 10.7. The molecule has 90 valence electrons. The molecule has 1 heterocycles. The molecule has 1 aromatic rings. The Kier molecular flexibility index (Phi) is 3.49. The third-order valence-electron chi connectivity index (χ3n) is 3.71. The van der Waals surface area contributed by atoms with E-state index in [-0.39, 0.29) is 11.3 Å². The maximum absolute atomic E-state index is 9.13. The Morgan fingerprint density at radius 3 is 2.65 bits per heavy atom. The number of benzene rings is 1. The van der Waals surface area contributed by atoms with E-state index < -0.39 is 0 Å². The van der Waals surface area contributed by atoms with Crippen LogP contribution < -0.4 is 0 Å². The van der Waals surface area contributed by atoms with Gasteiger partial charge >= 0.3 is 0 Å². The normalized spacial score (nSPS) is 24.2. The van der Waals surface area contributed by atoms with Crippen molar-refractivity contribution in [1.82, 2.24) is 4.90 Å². The van der Waals surface area contributed by atoms with Crippen molar-refractivity contribution in [2.75, 3.05) is 13.1 Å². The van der Waals surface area contributed by atoms with Crippen molar-refractivity contribution >= 4 is 0 Å². The molecule has 1 saturated heterocycles. The van der Waals surface area contributed by atoms with Gasteiger partial charge in [-0.1, -0.05) is 44.2 Å². The van der Waals surface area contributed by atoms with Crippen LogP contribution in [0.5, 0.6) is 0 Å². The SMILES string of the molecule is CC1(C)CN(Cc2ccccc2)CCC1C#N. The second-order valence-electron chi connectivity index (χ2n) is 5.66. The molecule has 1 aromatic carbocycles. The van der Waals surface area contributed by atoms with Crippen LogP contribution in [-0.2, 0) is 6.54 Å². The van der Waals surface area contributed by atoms with E-state index in [4.69, 9.17) is 5.26 Å². The van der Waals surface area contributed by atoms with Crippen LogP contribution in [0.4, 0.5) is 0 Å². The summed E-state index contributed by atoms with van der Waals surface area (Å²) in [6.45, 7) is 7.47. The first kappa shape index (κ1) is 12.1. The predicted octanol–water partition coefficient (Wildman–Crippen LogP) is 3.06. The number of likely N-dealkylation sites (tertiary alicyclic amines) is 1. The van der Waals surface area contributed by atoms with E-state index in [1.165, 1.54) is 5.56 Å². The van der Waals surface area contributed by atoms with Crippen LogP contribution >= 0.6 is 0 Å². The third-order valence-corrected chi connectivity index (χ3v) is 3.71. The van der Waals surface area contributed by atoms with E-state index in [2.05, 4.69) is 55.1 Å². The second kappa shape index (κ2) is 4.89. The average molecular weight is 228 g/mol. The van der Waals surface area contributed by atoms with Gasteiger partial charge in [0.05, 0.1) is 12.0 Å². The summed E-state index contributed by atoms with van der Waals surface area (Å²) in [6, 6.07) is 13.0. The van der Waals surface area contributed by atoms with Gasteiger partial charge in [-0.25, -0.2) is 0 Å². The molecule has 0 aliphatic carbocycles. The molecule has 1 atom stereocenters. The van der Waals surface area contributed by atoms with Crippen LogP contribution in [0.3, 0.4) is 0 Å². The van der Waals surface area contributed by atoms with Crippen LogP contribution in [0.25, 0.3) is 0 Å². The summed E-state index contributed by atoms with van der Waals surface area (Å²) in [5.41, 5.74) is 1.47. The molecule has 1 fully saturated rings. The van der Waals surface area contributed by atoms with Gasteiger partial charge < -0.3 is 0 Å². The van der Waals surface area contributed by atoms with Gasteiger partial charge in [0.2, 0.25) is 0 Å². The molecule has 17 heavy (non-hydrogen) atoms. The minimum atomic E-state index is 0.113. The Labute approximate surface area is 104 Å². The highest BCUT2D eigenvalue weighted by Crippen LogP contribution is 2.34. The van der Waals surface area contributed by atoms with Crippen LogP contribution in [0.1, 0.15) is 25.8 Å². The van der Waals surface area contributed by atoms with Gasteiger partial charge in [0.25, 0.3) is 0 Å². The largest absolute Gasteiger partial charge is 0.298 e. The number of nitrogens with zero attached hydrogens (tertiary/aromatic N) is 2. The lowest BCUT2D eigenvalue weighted by Crippen LogP contribution is -2.44. The van der Waals surface area contributed by atoms with Crippen molar-refractivity contribution in [3.8, 4) is 6.07 Å². The summed E-state index contributed by atoms with van der Waals surface area (Å²) in [5, 5.41) is 9.13. The van der Waals surface area contributed by atoms with Crippen molar-refractivity contribution < 1.29 is 0 Å². The Hall–Kier alpha value is -1.33. The smallest absolute Gasteiger partial charge is 0.0662 e. The van der Waals surface area contributed by atoms with Crippen molar-refractivity contribution in [2.45, 2.75) is 26.8 Å². The first-order valence-corrected chi connectivity index (χ1v) is 6.28. The van der Waals surface area contributed by atoms with Crippen molar-refractivity contribution in [3.63, 3.8) is 0 Å². The van der Waals surface area contributed by atoms with Gasteiger partial charge in [0.15, 0.2) is 0 Å². The highest BCUT2D eigenvalue weighted by Gasteiger charge is 2.35. The Morgan fingerprint density at radius 1 is 1.35 bits per heavy atom. The quantitative estimate of drug-likeness (QED) is 0.778. The standard InChI is InChI=1S/C15H20N2/c1-15(2)12-17(9-8-14(15)10-16)11-13-6-4-3-5-7-13/h3-7,14H,8-9,11-12H2,1-2H3. The molecule has 0 aromatic heterocycles. The third kappa shape index (κ3) is 2.87. The van der Waals surface area contributed by atoms with E-state index in [0.29, 0.717) is 0 Å². The van der Waals surface area contributed by atoms with E-state index in [0.717, 1.165) is 26.1 Å². The molecular weight excluding hydrogens is 208 g/mol. The zero-order chi connectivity index (χ0) is 12.3. The molecule has 1 unspecified atom stereocenters. The number of nitriles is 1. The lowest BCUT2D eigenvalue weighted by molar-refractivity contribution is 0.0770. The van der Waals surface area contributed by atoms with E-state index >= 15 is 0 Å². The average Bonchev–Trinajstić information content (AvgIpc) is 2.29. The summed E-state index contributed by atoms with van der Waals surface area (Å²) in [7, 11) is 0. The van der Waals surface area contributed by atoms with Crippen molar-refractivity contribution in [3.05, 3.63) is 35.9 Å². The summed E-state index contributed by atoms with van der Waals surface area (Å²) in [6.07, 6.45) is 0.996. The van der Waals surface area contributed by atoms with Crippen molar-refractivity contribution in [2.24, 2.45) is 11.3 Å². The van der Waals surface area contributed by atoms with Gasteiger partial charge in [0, 0.05) is 13.1 Å². The summed E-state index contributed by atoms with van der Waals surface area (Å²) >= 11 is 0. The Bertz CT molecular complexity index is 403. The fourth-order valence-electron chi connectivity index (χ4n) is 2.68. The van der Waals surface area contributed by atoms with Crippen LogP contribution in [0.2, 0.25) is 0 Å². The molecule has 0 saturated carbocycles. The Balaban J connectivity index is 2.00. The molecule has 2 nitrogen and oxygen atoms in total. The van der Waals surface area contributed by atoms with Gasteiger partial charge in [0.1, 0.15) is 0 Å². The van der Waals surface area contributed by atoms with Gasteiger partial charge in [-0.05, 0) is 23.9 Å². The molecule has 0 amide bonds. The van der Waals surface area contributed by atoms with E-state index in [1.807, 2.05) is 0 Å². The lowest BCUT2D eigenvalue weighted by Gasteiger charge is -2.41. The fourth-order valence-corrected chi connectivity index (χ4v) is 2.68. The van der Waals surface area contributed by atoms with Crippen LogP contribution in [0, 0.1) is 22.7 Å². The number of hydrogen-bond donors (Lipinski definition) is 0. The first-order valence-electron chi connectivity index (χ1n) is 6.28. The maximum Gasteiger partial charge on any atom is 0.0662 e. The molecule has 2 heteroatoms. The monoisotopic (exact) mass is 228 g/mol. The van der Waals surface area contributed by atoms with Crippen LogP contribution in [-0.4, -0.2) is 18.0 Å². The first-order chi connectivity index (χ1) is 8.12. The molecule has 1 aliphatic rings. The topological polar surface area (TPSA) is 27.0 Å². The van der Waals surface area contributed by atoms with Gasteiger partial charge in [-0.15, -0.1) is 0 Å². The molecule has 1 aliphatic heterocycles. The van der Waals surface area contributed by atoms with E-state index in [1.54, 1.807) is 0 Å². The fraction of sp³-hybridized carbons (Fsp3) is 0.533. The lowest BCUT2D eigenvalue weighted by atomic mass is 9.74. The highest BCUT2D eigenvalue weighted by molar-refractivity contribution is 5.14. The highest BCUT2D eigenvalue weighted by atomic mass is 15.1. The number of piperidine rings is 1.